The van der Waals surface area contributed by atoms with Crippen molar-refractivity contribution in [2.45, 2.75) is 31.6 Å². The number of aryl methyl sites for hydroxylation is 2. The minimum Gasteiger partial charge on any atom is -0.496 e. The van der Waals surface area contributed by atoms with Crippen molar-refractivity contribution in [1.29, 1.82) is 0 Å². The smallest absolute Gasteiger partial charge is 0.227 e. The number of rotatable bonds is 6. The maximum atomic E-state index is 12.3. The van der Waals surface area contributed by atoms with Gasteiger partial charge in [0.15, 0.2) is 5.82 Å². The SMILES string of the molecule is COc1ccccc1CCC(=O)Nc1nc(C2CCNCC2)nn1C.Cl. The summed E-state index contributed by atoms with van der Waals surface area (Å²) in [4.78, 5) is 16.8. The van der Waals surface area contributed by atoms with Crippen LogP contribution in [0.1, 0.15) is 36.6 Å². The summed E-state index contributed by atoms with van der Waals surface area (Å²) < 4.78 is 6.97. The molecule has 0 radical (unpaired) electrons. The van der Waals surface area contributed by atoms with E-state index in [4.69, 9.17) is 4.74 Å². The first-order chi connectivity index (χ1) is 12.2. The Labute approximate surface area is 159 Å². The van der Waals surface area contributed by atoms with Crippen LogP contribution in [0.25, 0.3) is 0 Å². The highest BCUT2D eigenvalue weighted by Gasteiger charge is 2.21. The van der Waals surface area contributed by atoms with Gasteiger partial charge < -0.3 is 10.1 Å². The number of benzene rings is 1. The molecule has 26 heavy (non-hydrogen) atoms. The Morgan fingerprint density at radius 2 is 2.08 bits per heavy atom. The summed E-state index contributed by atoms with van der Waals surface area (Å²) >= 11 is 0. The van der Waals surface area contributed by atoms with Gasteiger partial charge in [-0.05, 0) is 44.0 Å². The van der Waals surface area contributed by atoms with Crippen LogP contribution in [0.5, 0.6) is 5.75 Å². The predicted octanol–water partition coefficient (Wildman–Crippen LogP) is 2.28. The Hall–Kier alpha value is -2.12. The normalized spacial score (nSPS) is 14.5. The first kappa shape index (κ1) is 20.2. The fourth-order valence-electron chi connectivity index (χ4n) is 3.11. The number of para-hydroxylation sites is 1. The van der Waals surface area contributed by atoms with Crippen LogP contribution in [0, 0.1) is 0 Å². The van der Waals surface area contributed by atoms with Crippen molar-refractivity contribution in [3.63, 3.8) is 0 Å². The molecule has 1 aromatic heterocycles. The number of carbonyl (C=O) groups excluding carboxylic acids is 1. The summed E-state index contributed by atoms with van der Waals surface area (Å²) in [6.07, 6.45) is 3.06. The first-order valence-corrected chi connectivity index (χ1v) is 8.70. The van der Waals surface area contributed by atoms with E-state index in [1.54, 1.807) is 11.8 Å². The monoisotopic (exact) mass is 379 g/mol. The average molecular weight is 380 g/mol. The molecule has 3 rings (SSSR count). The van der Waals surface area contributed by atoms with E-state index >= 15 is 0 Å². The Balaban J connectivity index is 0.00000243. The van der Waals surface area contributed by atoms with Crippen molar-refractivity contribution >= 4 is 24.3 Å². The number of nitrogens with one attached hydrogen (secondary N) is 2. The number of amides is 1. The molecule has 0 spiro atoms. The highest BCUT2D eigenvalue weighted by atomic mass is 35.5. The predicted molar refractivity (Wildman–Crippen MR) is 103 cm³/mol. The van der Waals surface area contributed by atoms with Crippen LogP contribution >= 0.6 is 12.4 Å². The molecule has 1 amide bonds. The fraction of sp³-hybridized carbons (Fsp3) is 0.500. The summed E-state index contributed by atoms with van der Waals surface area (Å²) in [6, 6.07) is 7.75. The minimum absolute atomic E-state index is 0. The summed E-state index contributed by atoms with van der Waals surface area (Å²) in [7, 11) is 3.45. The third-order valence-corrected chi connectivity index (χ3v) is 4.55. The van der Waals surface area contributed by atoms with E-state index in [0.717, 1.165) is 43.1 Å². The molecule has 1 aromatic carbocycles. The topological polar surface area (TPSA) is 81.1 Å². The number of hydrogen-bond donors (Lipinski definition) is 2. The molecule has 142 valence electrons. The summed E-state index contributed by atoms with van der Waals surface area (Å²) in [6.45, 7) is 1.98. The Morgan fingerprint density at radius 3 is 2.81 bits per heavy atom. The zero-order valence-electron chi connectivity index (χ0n) is 15.2. The van der Waals surface area contributed by atoms with Gasteiger partial charge in [-0.15, -0.1) is 12.4 Å². The summed E-state index contributed by atoms with van der Waals surface area (Å²) in [5.74, 6) is 2.44. The molecular formula is C18H26ClN5O2. The van der Waals surface area contributed by atoms with E-state index in [0.29, 0.717) is 24.7 Å². The average Bonchev–Trinajstić information content (AvgIpc) is 3.01. The van der Waals surface area contributed by atoms with E-state index in [1.807, 2.05) is 31.3 Å². The molecule has 8 heteroatoms. The van der Waals surface area contributed by atoms with Gasteiger partial charge in [-0.1, -0.05) is 18.2 Å². The molecule has 2 heterocycles. The highest BCUT2D eigenvalue weighted by molar-refractivity contribution is 5.89. The molecule has 1 saturated heterocycles. The number of ether oxygens (including phenoxy) is 1. The molecular weight excluding hydrogens is 354 g/mol. The maximum absolute atomic E-state index is 12.3. The quantitative estimate of drug-likeness (QED) is 0.804. The van der Waals surface area contributed by atoms with Gasteiger partial charge >= 0.3 is 0 Å². The van der Waals surface area contributed by atoms with Gasteiger partial charge in [-0.2, -0.15) is 10.1 Å². The van der Waals surface area contributed by atoms with Gasteiger partial charge in [-0.3, -0.25) is 10.1 Å². The molecule has 0 saturated carbocycles. The van der Waals surface area contributed by atoms with E-state index in [9.17, 15) is 4.79 Å². The zero-order chi connectivity index (χ0) is 17.6. The van der Waals surface area contributed by atoms with E-state index in [-0.39, 0.29) is 18.3 Å². The van der Waals surface area contributed by atoms with E-state index in [1.165, 1.54) is 0 Å². The number of nitrogens with zero attached hydrogens (tertiary/aromatic N) is 3. The largest absolute Gasteiger partial charge is 0.496 e. The lowest BCUT2D eigenvalue weighted by Gasteiger charge is -2.19. The first-order valence-electron chi connectivity index (χ1n) is 8.70. The molecule has 0 aliphatic carbocycles. The van der Waals surface area contributed by atoms with Gasteiger partial charge in [0.25, 0.3) is 0 Å². The van der Waals surface area contributed by atoms with Crippen LogP contribution in [0.4, 0.5) is 5.95 Å². The molecule has 0 atom stereocenters. The van der Waals surface area contributed by atoms with Crippen molar-refractivity contribution < 1.29 is 9.53 Å². The molecule has 1 aliphatic rings. The summed E-state index contributed by atoms with van der Waals surface area (Å²) in [5.41, 5.74) is 1.02. The number of methoxy groups -OCH3 is 1. The molecule has 0 bridgehead atoms. The molecule has 2 aromatic rings. The summed E-state index contributed by atoms with van der Waals surface area (Å²) in [5, 5.41) is 10.7. The van der Waals surface area contributed by atoms with Crippen molar-refractivity contribution in [2.24, 2.45) is 7.05 Å². The van der Waals surface area contributed by atoms with E-state index < -0.39 is 0 Å². The standard InChI is InChI=1S/C18H25N5O2.ClH/c1-23-18(21-17(22-23)14-9-11-19-12-10-14)20-16(24)8-7-13-5-3-4-6-15(13)25-2;/h3-6,14,19H,7-12H2,1-2H3,(H,20,21,22,24);1H. The molecule has 1 aliphatic heterocycles. The third-order valence-electron chi connectivity index (χ3n) is 4.55. The number of carbonyl (C=O) groups is 1. The van der Waals surface area contributed by atoms with Gasteiger partial charge in [0.05, 0.1) is 7.11 Å². The van der Waals surface area contributed by atoms with Crippen molar-refractivity contribution in [2.75, 3.05) is 25.5 Å². The van der Waals surface area contributed by atoms with Crippen molar-refractivity contribution in [1.82, 2.24) is 20.1 Å². The Morgan fingerprint density at radius 1 is 1.35 bits per heavy atom. The van der Waals surface area contributed by atoms with Crippen LogP contribution < -0.4 is 15.4 Å². The van der Waals surface area contributed by atoms with Gasteiger partial charge in [0, 0.05) is 19.4 Å². The van der Waals surface area contributed by atoms with Crippen LogP contribution in [0.15, 0.2) is 24.3 Å². The molecule has 0 unspecified atom stereocenters. The zero-order valence-corrected chi connectivity index (χ0v) is 16.0. The third kappa shape index (κ3) is 4.95. The lowest BCUT2D eigenvalue weighted by Crippen LogP contribution is -2.27. The fourth-order valence-corrected chi connectivity index (χ4v) is 3.11. The lowest BCUT2D eigenvalue weighted by atomic mass is 9.98. The number of piperidine rings is 1. The maximum Gasteiger partial charge on any atom is 0.227 e. The minimum atomic E-state index is -0.0710. The van der Waals surface area contributed by atoms with Crippen molar-refractivity contribution in [3.8, 4) is 5.75 Å². The van der Waals surface area contributed by atoms with Crippen LogP contribution in [-0.2, 0) is 18.3 Å². The van der Waals surface area contributed by atoms with Gasteiger partial charge in [0.2, 0.25) is 11.9 Å². The number of anilines is 1. The number of aromatic nitrogens is 3. The van der Waals surface area contributed by atoms with E-state index in [2.05, 4.69) is 20.7 Å². The Kier molecular flexibility index (Phi) is 7.41. The van der Waals surface area contributed by atoms with Crippen LogP contribution in [-0.4, -0.2) is 40.9 Å². The second-order valence-corrected chi connectivity index (χ2v) is 6.30. The van der Waals surface area contributed by atoms with Gasteiger partial charge in [-0.25, -0.2) is 4.68 Å². The lowest BCUT2D eigenvalue weighted by molar-refractivity contribution is -0.116. The molecule has 1 fully saturated rings. The Bertz CT molecular complexity index is 728. The van der Waals surface area contributed by atoms with Gasteiger partial charge in [0.1, 0.15) is 5.75 Å². The number of hydrogen-bond acceptors (Lipinski definition) is 5. The highest BCUT2D eigenvalue weighted by Crippen LogP contribution is 2.23. The van der Waals surface area contributed by atoms with Crippen molar-refractivity contribution in [3.05, 3.63) is 35.7 Å². The second kappa shape index (κ2) is 9.54. The number of halogens is 1. The molecule has 2 N–H and O–H groups in total. The molecule has 7 nitrogen and oxygen atoms in total. The van der Waals surface area contributed by atoms with Crippen LogP contribution in [0.2, 0.25) is 0 Å². The second-order valence-electron chi connectivity index (χ2n) is 6.30. The van der Waals surface area contributed by atoms with Crippen LogP contribution in [0.3, 0.4) is 0 Å².